The number of nitrogens with one attached hydrogen (secondary N) is 1. The molecule has 1 saturated carbocycles. The second-order valence-corrected chi connectivity index (χ2v) is 5.53. The van der Waals surface area contributed by atoms with E-state index in [4.69, 9.17) is 0 Å². The summed E-state index contributed by atoms with van der Waals surface area (Å²) in [6.45, 7) is 0. The molecule has 1 nitrogen and oxygen atoms in total. The molecule has 0 spiro atoms. The van der Waals surface area contributed by atoms with Gasteiger partial charge in [0.1, 0.15) is 0 Å². The monoisotopic (exact) mass is 231 g/mol. The first-order valence-electron chi connectivity index (χ1n) is 6.03. The number of fused-ring (bicyclic) bond motifs is 1. The van der Waals surface area contributed by atoms with Crippen molar-refractivity contribution in [3.63, 3.8) is 0 Å². The average Bonchev–Trinajstić information content (AvgIpc) is 2.96. The van der Waals surface area contributed by atoms with Gasteiger partial charge in [0.25, 0.3) is 0 Å². The smallest absolute Gasteiger partial charge is 0.0378 e. The molecule has 1 aromatic carbocycles. The molecule has 2 atom stereocenters. The molecule has 0 aliphatic heterocycles. The molecule has 2 unspecified atom stereocenters. The van der Waals surface area contributed by atoms with Crippen LogP contribution in [-0.2, 0) is 0 Å². The third kappa shape index (κ3) is 1.57. The van der Waals surface area contributed by atoms with Crippen molar-refractivity contribution in [2.75, 3.05) is 7.05 Å². The SMILES string of the molecule is CNC1CCCC1c1cccc2ccsc12. The van der Waals surface area contributed by atoms with Crippen LogP contribution in [0.25, 0.3) is 10.1 Å². The summed E-state index contributed by atoms with van der Waals surface area (Å²) < 4.78 is 1.50. The van der Waals surface area contributed by atoms with Crippen LogP contribution in [0.5, 0.6) is 0 Å². The number of thiophene rings is 1. The lowest BCUT2D eigenvalue weighted by Gasteiger charge is -2.20. The van der Waals surface area contributed by atoms with Gasteiger partial charge < -0.3 is 5.32 Å². The van der Waals surface area contributed by atoms with Crippen molar-refractivity contribution in [3.05, 3.63) is 35.2 Å². The van der Waals surface area contributed by atoms with Gasteiger partial charge in [-0.3, -0.25) is 0 Å². The molecule has 0 bridgehead atoms. The topological polar surface area (TPSA) is 12.0 Å². The van der Waals surface area contributed by atoms with E-state index in [-0.39, 0.29) is 0 Å². The molecule has 0 amide bonds. The fourth-order valence-corrected chi connectivity index (χ4v) is 3.96. The van der Waals surface area contributed by atoms with Crippen molar-refractivity contribution in [2.45, 2.75) is 31.2 Å². The summed E-state index contributed by atoms with van der Waals surface area (Å²) >= 11 is 1.89. The minimum Gasteiger partial charge on any atom is -0.316 e. The van der Waals surface area contributed by atoms with Crippen molar-refractivity contribution < 1.29 is 0 Å². The van der Waals surface area contributed by atoms with Crippen molar-refractivity contribution in [1.29, 1.82) is 0 Å². The van der Waals surface area contributed by atoms with E-state index >= 15 is 0 Å². The van der Waals surface area contributed by atoms with Gasteiger partial charge in [0, 0.05) is 16.7 Å². The summed E-state index contributed by atoms with van der Waals surface area (Å²) in [5.74, 6) is 0.715. The van der Waals surface area contributed by atoms with Crippen molar-refractivity contribution in [2.24, 2.45) is 0 Å². The lowest BCUT2D eigenvalue weighted by atomic mass is 9.93. The van der Waals surface area contributed by atoms with Crippen LogP contribution < -0.4 is 5.32 Å². The van der Waals surface area contributed by atoms with E-state index in [9.17, 15) is 0 Å². The quantitative estimate of drug-likeness (QED) is 0.830. The number of rotatable bonds is 2. The Bertz CT molecular complexity index is 488. The van der Waals surface area contributed by atoms with Gasteiger partial charge in [0.2, 0.25) is 0 Å². The number of hydrogen-bond acceptors (Lipinski definition) is 2. The number of hydrogen-bond donors (Lipinski definition) is 1. The Kier molecular flexibility index (Phi) is 2.70. The third-order valence-electron chi connectivity index (χ3n) is 3.80. The van der Waals surface area contributed by atoms with E-state index < -0.39 is 0 Å². The second kappa shape index (κ2) is 4.19. The molecule has 1 aromatic heterocycles. The third-order valence-corrected chi connectivity index (χ3v) is 4.77. The van der Waals surface area contributed by atoms with Crippen molar-refractivity contribution in [1.82, 2.24) is 5.32 Å². The average molecular weight is 231 g/mol. The molecule has 84 valence electrons. The van der Waals surface area contributed by atoms with Gasteiger partial charge in [-0.15, -0.1) is 11.3 Å². The zero-order chi connectivity index (χ0) is 11.0. The molecule has 2 heteroatoms. The Labute approximate surface area is 100 Å². The predicted molar refractivity (Wildman–Crippen MR) is 71.3 cm³/mol. The maximum absolute atomic E-state index is 3.47. The molecule has 2 aromatic rings. The molecular weight excluding hydrogens is 214 g/mol. The van der Waals surface area contributed by atoms with Crippen LogP contribution in [0.15, 0.2) is 29.6 Å². The van der Waals surface area contributed by atoms with E-state index in [1.165, 1.54) is 29.3 Å². The molecule has 1 N–H and O–H groups in total. The maximum Gasteiger partial charge on any atom is 0.0378 e. The first-order chi connectivity index (χ1) is 7.90. The Hall–Kier alpha value is -0.860. The zero-order valence-corrected chi connectivity index (χ0v) is 10.4. The summed E-state index contributed by atoms with van der Waals surface area (Å²) in [7, 11) is 2.09. The number of likely N-dealkylation sites (N-methyl/N-ethyl adjacent to an activating group) is 1. The highest BCUT2D eigenvalue weighted by molar-refractivity contribution is 7.17. The standard InChI is InChI=1S/C14H17NS/c1-15-13-7-3-5-11(13)12-6-2-4-10-8-9-16-14(10)12/h2,4,6,8-9,11,13,15H,3,5,7H2,1H3. The maximum atomic E-state index is 3.47. The zero-order valence-electron chi connectivity index (χ0n) is 9.57. The molecule has 0 radical (unpaired) electrons. The summed E-state index contributed by atoms with van der Waals surface area (Å²) in [5.41, 5.74) is 1.56. The van der Waals surface area contributed by atoms with Gasteiger partial charge in [-0.2, -0.15) is 0 Å². The van der Waals surface area contributed by atoms with Crippen LogP contribution >= 0.6 is 11.3 Å². The van der Waals surface area contributed by atoms with Crippen LogP contribution in [0.4, 0.5) is 0 Å². The normalized spacial score (nSPS) is 25.3. The Morgan fingerprint density at radius 1 is 1.25 bits per heavy atom. The Balaban J connectivity index is 2.07. The van der Waals surface area contributed by atoms with Gasteiger partial charge >= 0.3 is 0 Å². The molecule has 1 heterocycles. The first kappa shape index (κ1) is 10.3. The van der Waals surface area contributed by atoms with Crippen LogP contribution in [-0.4, -0.2) is 13.1 Å². The van der Waals surface area contributed by atoms with Gasteiger partial charge in [-0.1, -0.05) is 24.6 Å². The molecule has 1 aliphatic carbocycles. The summed E-state index contributed by atoms with van der Waals surface area (Å²) in [6.07, 6.45) is 4.02. The van der Waals surface area contributed by atoms with E-state index in [0.717, 1.165) is 0 Å². The minimum absolute atomic E-state index is 0.674. The Morgan fingerprint density at radius 3 is 3.06 bits per heavy atom. The second-order valence-electron chi connectivity index (χ2n) is 4.62. The summed E-state index contributed by atoms with van der Waals surface area (Å²) in [6, 6.07) is 9.65. The summed E-state index contributed by atoms with van der Waals surface area (Å²) in [4.78, 5) is 0. The van der Waals surface area contributed by atoms with E-state index in [1.807, 2.05) is 11.3 Å². The highest BCUT2D eigenvalue weighted by Gasteiger charge is 2.28. The van der Waals surface area contributed by atoms with E-state index in [0.29, 0.717) is 12.0 Å². The van der Waals surface area contributed by atoms with Crippen LogP contribution in [0.1, 0.15) is 30.7 Å². The molecule has 1 aliphatic rings. The first-order valence-corrected chi connectivity index (χ1v) is 6.91. The lowest BCUT2D eigenvalue weighted by Crippen LogP contribution is -2.27. The van der Waals surface area contributed by atoms with Gasteiger partial charge in [0.15, 0.2) is 0 Å². The lowest BCUT2D eigenvalue weighted by molar-refractivity contribution is 0.525. The van der Waals surface area contributed by atoms with Gasteiger partial charge in [-0.05, 0) is 42.3 Å². The molecule has 16 heavy (non-hydrogen) atoms. The van der Waals surface area contributed by atoms with Crippen molar-refractivity contribution in [3.8, 4) is 0 Å². The molecule has 0 saturated heterocycles. The fourth-order valence-electron chi connectivity index (χ4n) is 2.99. The fraction of sp³-hybridized carbons (Fsp3) is 0.429. The molecule has 1 fully saturated rings. The summed E-state index contributed by atoms with van der Waals surface area (Å²) in [5, 5.41) is 7.09. The van der Waals surface area contributed by atoms with Crippen molar-refractivity contribution >= 4 is 21.4 Å². The minimum atomic E-state index is 0.674. The highest BCUT2D eigenvalue weighted by Crippen LogP contribution is 2.39. The van der Waals surface area contributed by atoms with Gasteiger partial charge in [-0.25, -0.2) is 0 Å². The van der Waals surface area contributed by atoms with Gasteiger partial charge in [0.05, 0.1) is 0 Å². The predicted octanol–water partition coefficient (Wildman–Crippen LogP) is 3.76. The molecule has 3 rings (SSSR count). The largest absolute Gasteiger partial charge is 0.316 e. The van der Waals surface area contributed by atoms with E-state index in [2.05, 4.69) is 42.0 Å². The number of benzene rings is 1. The van der Waals surface area contributed by atoms with Crippen LogP contribution in [0.2, 0.25) is 0 Å². The Morgan fingerprint density at radius 2 is 2.19 bits per heavy atom. The highest BCUT2D eigenvalue weighted by atomic mass is 32.1. The van der Waals surface area contributed by atoms with Crippen LogP contribution in [0, 0.1) is 0 Å². The van der Waals surface area contributed by atoms with Crippen LogP contribution in [0.3, 0.4) is 0 Å². The molecular formula is C14H17NS. The van der Waals surface area contributed by atoms with E-state index in [1.54, 1.807) is 5.56 Å².